The minimum absolute atomic E-state index is 0.0202. The third kappa shape index (κ3) is 3.08. The van der Waals surface area contributed by atoms with E-state index in [1.54, 1.807) is 0 Å². The van der Waals surface area contributed by atoms with Crippen molar-refractivity contribution >= 4 is 28.6 Å². The zero-order chi connectivity index (χ0) is 17.3. The number of carbonyl (C=O) groups excluding carboxylic acids is 3. The van der Waals surface area contributed by atoms with Crippen molar-refractivity contribution in [2.75, 3.05) is 20.1 Å². The number of carbonyl (C=O) groups is 3. The molecule has 24 heavy (non-hydrogen) atoms. The van der Waals surface area contributed by atoms with Gasteiger partial charge in [-0.1, -0.05) is 36.4 Å². The molecule has 3 rings (SSSR count). The van der Waals surface area contributed by atoms with Crippen LogP contribution in [0.3, 0.4) is 0 Å². The van der Waals surface area contributed by atoms with Crippen LogP contribution in [0.25, 0.3) is 10.8 Å². The zero-order valence-corrected chi connectivity index (χ0v) is 13.7. The summed E-state index contributed by atoms with van der Waals surface area (Å²) in [7, 11) is 1.54. The van der Waals surface area contributed by atoms with Crippen LogP contribution in [0.15, 0.2) is 42.5 Å². The van der Waals surface area contributed by atoms with Gasteiger partial charge in [0.1, 0.15) is 13.1 Å². The van der Waals surface area contributed by atoms with Crippen molar-refractivity contribution in [2.24, 2.45) is 0 Å². The molecule has 0 bridgehead atoms. The van der Waals surface area contributed by atoms with E-state index in [0.717, 1.165) is 21.2 Å². The average molecular weight is 325 g/mol. The van der Waals surface area contributed by atoms with Crippen molar-refractivity contribution in [1.82, 2.24) is 15.1 Å². The van der Waals surface area contributed by atoms with E-state index in [1.165, 1.54) is 11.9 Å². The highest BCUT2D eigenvalue weighted by molar-refractivity contribution is 6.04. The lowest BCUT2D eigenvalue weighted by atomic mass is 10.0. The van der Waals surface area contributed by atoms with Gasteiger partial charge in [-0.2, -0.15) is 0 Å². The predicted molar refractivity (Wildman–Crippen MR) is 90.2 cm³/mol. The number of hydrogen-bond acceptors (Lipinski definition) is 3. The molecule has 0 aromatic heterocycles. The van der Waals surface area contributed by atoms with Gasteiger partial charge in [0.15, 0.2) is 0 Å². The van der Waals surface area contributed by atoms with E-state index in [-0.39, 0.29) is 30.9 Å². The highest BCUT2D eigenvalue weighted by Crippen LogP contribution is 2.20. The number of imide groups is 1. The molecule has 1 aliphatic rings. The molecule has 0 spiro atoms. The van der Waals surface area contributed by atoms with E-state index in [9.17, 15) is 14.4 Å². The minimum Gasteiger partial charge on any atom is -0.348 e. The van der Waals surface area contributed by atoms with Crippen LogP contribution in [0.2, 0.25) is 0 Å². The van der Waals surface area contributed by atoms with Crippen molar-refractivity contribution < 1.29 is 14.4 Å². The highest BCUT2D eigenvalue weighted by atomic mass is 16.2. The number of nitrogens with one attached hydrogen (secondary N) is 1. The van der Waals surface area contributed by atoms with Crippen LogP contribution >= 0.6 is 0 Å². The van der Waals surface area contributed by atoms with E-state index < -0.39 is 6.03 Å². The Morgan fingerprint density at radius 1 is 1.17 bits per heavy atom. The van der Waals surface area contributed by atoms with Gasteiger partial charge >= 0.3 is 6.03 Å². The largest absolute Gasteiger partial charge is 0.348 e. The standard InChI is InChI=1S/C18H19N3O3/c1-12(14-8-7-13-5-3-4-6-15(13)9-14)19-16(22)10-21-17(23)11-20(2)18(21)24/h3-9,12H,10-11H2,1-2H3,(H,19,22). The number of amides is 4. The lowest BCUT2D eigenvalue weighted by molar-refractivity contribution is -0.131. The molecule has 0 aliphatic carbocycles. The molecule has 2 aromatic rings. The summed E-state index contributed by atoms with van der Waals surface area (Å²) in [6, 6.07) is 13.4. The number of hydrogen-bond donors (Lipinski definition) is 1. The van der Waals surface area contributed by atoms with Crippen molar-refractivity contribution in [1.29, 1.82) is 0 Å². The molecule has 1 atom stereocenters. The van der Waals surface area contributed by atoms with Gasteiger partial charge in [-0.25, -0.2) is 4.79 Å². The molecule has 2 aromatic carbocycles. The fraction of sp³-hybridized carbons (Fsp3) is 0.278. The molecular formula is C18H19N3O3. The summed E-state index contributed by atoms with van der Waals surface area (Å²) in [6.07, 6.45) is 0. The molecular weight excluding hydrogens is 306 g/mol. The molecule has 0 saturated carbocycles. The van der Waals surface area contributed by atoms with Crippen LogP contribution in [-0.4, -0.2) is 47.8 Å². The molecule has 1 unspecified atom stereocenters. The molecule has 0 radical (unpaired) electrons. The first-order valence-corrected chi connectivity index (χ1v) is 7.79. The van der Waals surface area contributed by atoms with E-state index in [1.807, 2.05) is 49.4 Å². The maximum atomic E-state index is 12.2. The molecule has 1 aliphatic heterocycles. The molecule has 124 valence electrons. The van der Waals surface area contributed by atoms with Crippen LogP contribution in [0.5, 0.6) is 0 Å². The Kier molecular flexibility index (Phi) is 4.20. The Morgan fingerprint density at radius 3 is 2.54 bits per heavy atom. The maximum absolute atomic E-state index is 12.2. The second-order valence-electron chi connectivity index (χ2n) is 6.01. The van der Waals surface area contributed by atoms with Crippen LogP contribution in [0.1, 0.15) is 18.5 Å². The van der Waals surface area contributed by atoms with Gasteiger partial charge in [0, 0.05) is 7.05 Å². The Labute approximate surface area is 140 Å². The number of rotatable bonds is 4. The lowest BCUT2D eigenvalue weighted by Crippen LogP contribution is -2.41. The predicted octanol–water partition coefficient (Wildman–Crippen LogP) is 1.91. The van der Waals surface area contributed by atoms with Gasteiger partial charge in [-0.3, -0.25) is 14.5 Å². The number of fused-ring (bicyclic) bond motifs is 1. The summed E-state index contributed by atoms with van der Waals surface area (Å²) < 4.78 is 0. The minimum atomic E-state index is -0.437. The second kappa shape index (κ2) is 6.31. The van der Waals surface area contributed by atoms with Gasteiger partial charge in [0.25, 0.3) is 5.91 Å². The third-order valence-electron chi connectivity index (χ3n) is 4.18. The Hall–Kier alpha value is -2.89. The summed E-state index contributed by atoms with van der Waals surface area (Å²) in [5.41, 5.74) is 0.971. The SMILES string of the molecule is CC(NC(=O)CN1C(=O)CN(C)C1=O)c1ccc2ccccc2c1. The molecule has 1 saturated heterocycles. The van der Waals surface area contributed by atoms with Crippen LogP contribution < -0.4 is 5.32 Å². The average Bonchev–Trinajstić information content (AvgIpc) is 2.80. The van der Waals surface area contributed by atoms with Gasteiger partial charge in [0.2, 0.25) is 5.91 Å². The first-order chi connectivity index (χ1) is 11.5. The molecule has 1 N–H and O–H groups in total. The van der Waals surface area contributed by atoms with Gasteiger partial charge < -0.3 is 10.2 Å². The molecule has 6 heteroatoms. The number of benzene rings is 2. The molecule has 6 nitrogen and oxygen atoms in total. The van der Waals surface area contributed by atoms with E-state index in [4.69, 9.17) is 0 Å². The number of likely N-dealkylation sites (N-methyl/N-ethyl adjacent to an activating group) is 1. The van der Waals surface area contributed by atoms with Crippen molar-refractivity contribution in [3.63, 3.8) is 0 Å². The van der Waals surface area contributed by atoms with E-state index >= 15 is 0 Å². The Bertz CT molecular complexity index is 818. The monoisotopic (exact) mass is 325 g/mol. The number of nitrogens with zero attached hydrogens (tertiary/aromatic N) is 2. The molecule has 1 fully saturated rings. The topological polar surface area (TPSA) is 69.7 Å². The van der Waals surface area contributed by atoms with E-state index in [2.05, 4.69) is 5.32 Å². The summed E-state index contributed by atoms with van der Waals surface area (Å²) in [5, 5.41) is 5.08. The van der Waals surface area contributed by atoms with Crippen LogP contribution in [-0.2, 0) is 9.59 Å². The normalized spacial score (nSPS) is 15.9. The van der Waals surface area contributed by atoms with Crippen LogP contribution in [0, 0.1) is 0 Å². The summed E-state index contributed by atoms with van der Waals surface area (Å²) in [4.78, 5) is 38.0. The van der Waals surface area contributed by atoms with Gasteiger partial charge in [-0.05, 0) is 29.3 Å². The fourth-order valence-electron chi connectivity index (χ4n) is 2.82. The quantitative estimate of drug-likeness (QED) is 0.873. The maximum Gasteiger partial charge on any atom is 0.327 e. The van der Waals surface area contributed by atoms with Crippen molar-refractivity contribution in [2.45, 2.75) is 13.0 Å². The second-order valence-corrected chi connectivity index (χ2v) is 6.01. The molecule has 1 heterocycles. The first-order valence-electron chi connectivity index (χ1n) is 7.79. The summed E-state index contributed by atoms with van der Waals surface area (Å²) >= 11 is 0. The highest BCUT2D eigenvalue weighted by Gasteiger charge is 2.34. The van der Waals surface area contributed by atoms with E-state index in [0.29, 0.717) is 0 Å². The third-order valence-corrected chi connectivity index (χ3v) is 4.18. The lowest BCUT2D eigenvalue weighted by Gasteiger charge is -2.18. The fourth-order valence-corrected chi connectivity index (χ4v) is 2.82. The van der Waals surface area contributed by atoms with Gasteiger partial charge in [-0.15, -0.1) is 0 Å². The van der Waals surface area contributed by atoms with Crippen molar-refractivity contribution in [3.8, 4) is 0 Å². The first kappa shape index (κ1) is 16.0. The summed E-state index contributed by atoms with van der Waals surface area (Å²) in [5.74, 6) is -0.705. The van der Waals surface area contributed by atoms with Gasteiger partial charge in [0.05, 0.1) is 6.04 Å². The van der Waals surface area contributed by atoms with Crippen LogP contribution in [0.4, 0.5) is 4.79 Å². The van der Waals surface area contributed by atoms with Crippen molar-refractivity contribution in [3.05, 3.63) is 48.0 Å². The number of urea groups is 1. The Balaban J connectivity index is 1.67. The summed E-state index contributed by atoms with van der Waals surface area (Å²) in [6.45, 7) is 1.65. The Morgan fingerprint density at radius 2 is 1.88 bits per heavy atom. The smallest absolute Gasteiger partial charge is 0.327 e. The zero-order valence-electron chi connectivity index (χ0n) is 13.7. The molecule has 4 amide bonds.